The van der Waals surface area contributed by atoms with Gasteiger partial charge in [-0.3, -0.25) is 24.2 Å². The number of anilines is 2. The molecule has 0 saturated carbocycles. The molecule has 1 atom stereocenters. The standard InChI is InChI=1S/C33H40N8O6/c1-20-11-23-16-36-25-15-29(28(46-4)14-24(25)33(45)41(23)17-20)47-10-5-7-30(42)37-21-12-27(40(3)18-21)32(44)38-22-13-26(39(2)19-22)31(43)35-9-6-8-34/h12-16,18-19,23H,1,5-11,17,34H2,2-4H3,(H,35,43)(H,37,42)(H,38,44). The van der Waals surface area contributed by atoms with Crippen molar-refractivity contribution in [1.82, 2.24) is 19.4 Å². The van der Waals surface area contributed by atoms with Crippen molar-refractivity contribution in [3.8, 4) is 11.5 Å². The topological polar surface area (TPSA) is 174 Å². The number of carbonyl (C=O) groups is 4. The van der Waals surface area contributed by atoms with Gasteiger partial charge in [0.15, 0.2) is 11.5 Å². The minimum atomic E-state index is -0.395. The second-order valence-corrected chi connectivity index (χ2v) is 11.6. The van der Waals surface area contributed by atoms with Crippen LogP contribution in [0.3, 0.4) is 0 Å². The molecule has 3 aromatic rings. The lowest BCUT2D eigenvalue weighted by molar-refractivity contribution is -0.116. The van der Waals surface area contributed by atoms with Crippen LogP contribution in [0, 0.1) is 0 Å². The minimum Gasteiger partial charge on any atom is -0.493 e. The van der Waals surface area contributed by atoms with Crippen LogP contribution in [0.1, 0.15) is 57.0 Å². The summed E-state index contributed by atoms with van der Waals surface area (Å²) in [7, 11) is 4.92. The van der Waals surface area contributed by atoms with E-state index in [-0.39, 0.29) is 36.8 Å². The Balaban J connectivity index is 1.12. The van der Waals surface area contributed by atoms with Gasteiger partial charge in [0.2, 0.25) is 5.91 Å². The lowest BCUT2D eigenvalue weighted by Gasteiger charge is -2.20. The van der Waals surface area contributed by atoms with Crippen LogP contribution in [0.2, 0.25) is 0 Å². The van der Waals surface area contributed by atoms with E-state index >= 15 is 0 Å². The van der Waals surface area contributed by atoms with Gasteiger partial charge in [-0.2, -0.15) is 0 Å². The highest BCUT2D eigenvalue weighted by molar-refractivity contribution is 6.06. The van der Waals surface area contributed by atoms with E-state index < -0.39 is 5.91 Å². The van der Waals surface area contributed by atoms with Gasteiger partial charge >= 0.3 is 0 Å². The highest BCUT2D eigenvalue weighted by atomic mass is 16.5. The Morgan fingerprint density at radius 3 is 2.40 bits per heavy atom. The Kier molecular flexibility index (Phi) is 10.1. The van der Waals surface area contributed by atoms with Crippen LogP contribution in [0.25, 0.3) is 0 Å². The number of nitrogens with zero attached hydrogens (tertiary/aromatic N) is 4. The number of aromatic nitrogens is 2. The van der Waals surface area contributed by atoms with Crippen molar-refractivity contribution >= 4 is 46.9 Å². The van der Waals surface area contributed by atoms with Gasteiger partial charge in [-0.05, 0) is 44.0 Å². The van der Waals surface area contributed by atoms with Crippen molar-refractivity contribution in [3.05, 3.63) is 65.8 Å². The molecular formula is C33H40N8O6. The number of hydrogen-bond acceptors (Lipinski definition) is 8. The number of aryl methyl sites for hydroxylation is 2. The first-order valence-electron chi connectivity index (χ1n) is 15.4. The average molecular weight is 645 g/mol. The van der Waals surface area contributed by atoms with Crippen LogP contribution in [0.4, 0.5) is 17.1 Å². The Labute approximate surface area is 272 Å². The molecule has 1 saturated heterocycles. The van der Waals surface area contributed by atoms with Crippen molar-refractivity contribution in [2.75, 3.05) is 44.0 Å². The molecule has 2 aliphatic heterocycles. The van der Waals surface area contributed by atoms with Gasteiger partial charge in [0.1, 0.15) is 11.4 Å². The molecule has 0 aliphatic carbocycles. The highest BCUT2D eigenvalue weighted by Gasteiger charge is 2.34. The van der Waals surface area contributed by atoms with Crippen LogP contribution in [0.5, 0.6) is 11.5 Å². The molecule has 1 fully saturated rings. The molecule has 5 rings (SSSR count). The third kappa shape index (κ3) is 7.55. The first-order valence-corrected chi connectivity index (χ1v) is 15.4. The Bertz CT molecular complexity index is 1740. The van der Waals surface area contributed by atoms with E-state index in [2.05, 4.69) is 27.5 Å². The number of carbonyl (C=O) groups excluding carboxylic acids is 4. The third-order valence-corrected chi connectivity index (χ3v) is 7.94. The van der Waals surface area contributed by atoms with Crippen LogP contribution in [-0.2, 0) is 18.9 Å². The van der Waals surface area contributed by atoms with Crippen molar-refractivity contribution in [2.24, 2.45) is 24.8 Å². The monoisotopic (exact) mass is 644 g/mol. The quantitative estimate of drug-likeness (QED) is 0.163. The number of benzene rings is 1. The van der Waals surface area contributed by atoms with Crippen LogP contribution >= 0.6 is 0 Å². The largest absolute Gasteiger partial charge is 0.493 e. The minimum absolute atomic E-state index is 0.116. The van der Waals surface area contributed by atoms with E-state index in [0.29, 0.717) is 84.4 Å². The maximum Gasteiger partial charge on any atom is 0.272 e. The zero-order chi connectivity index (χ0) is 33.7. The van der Waals surface area contributed by atoms with E-state index in [4.69, 9.17) is 15.2 Å². The van der Waals surface area contributed by atoms with Gasteiger partial charge in [-0.1, -0.05) is 12.2 Å². The SMILES string of the molecule is C=C1CC2C=Nc3cc(OCCCC(=O)Nc4cc(C(=O)Nc5cc(C(=O)NCCCN)n(C)c5)n(C)c4)c(OC)cc3C(=O)N2C1. The molecule has 2 aliphatic rings. The molecule has 0 bridgehead atoms. The lowest BCUT2D eigenvalue weighted by Crippen LogP contribution is -2.35. The molecule has 1 unspecified atom stereocenters. The molecule has 0 spiro atoms. The average Bonchev–Trinajstić information content (AvgIpc) is 3.70. The summed E-state index contributed by atoms with van der Waals surface area (Å²) in [5.41, 5.74) is 9.07. The molecular weight excluding hydrogens is 604 g/mol. The van der Waals surface area contributed by atoms with Crippen LogP contribution in [-0.4, -0.2) is 83.3 Å². The first-order chi connectivity index (χ1) is 22.6. The van der Waals surface area contributed by atoms with Gasteiger partial charge in [-0.25, -0.2) is 0 Å². The molecule has 47 heavy (non-hydrogen) atoms. The van der Waals surface area contributed by atoms with Crippen molar-refractivity contribution in [3.63, 3.8) is 0 Å². The number of fused-ring (bicyclic) bond motifs is 2. The normalized spacial score (nSPS) is 15.1. The lowest BCUT2D eigenvalue weighted by atomic mass is 10.1. The summed E-state index contributed by atoms with van der Waals surface area (Å²) >= 11 is 0. The molecule has 248 valence electrons. The van der Waals surface area contributed by atoms with E-state index in [1.54, 1.807) is 71.0 Å². The number of aliphatic imine (C=N–C) groups is 1. The fraction of sp³-hybridized carbons (Fsp3) is 0.364. The number of ether oxygens (including phenoxy) is 2. The number of hydrogen-bond donors (Lipinski definition) is 4. The molecule has 4 amide bonds. The van der Waals surface area contributed by atoms with Crippen molar-refractivity contribution < 1.29 is 28.7 Å². The highest BCUT2D eigenvalue weighted by Crippen LogP contribution is 2.38. The Hall–Kier alpha value is -5.37. The van der Waals surface area contributed by atoms with Crippen LogP contribution in [0.15, 0.2) is 53.8 Å². The first kappa shape index (κ1) is 33.0. The van der Waals surface area contributed by atoms with E-state index in [0.717, 1.165) is 5.57 Å². The maximum atomic E-state index is 13.2. The Morgan fingerprint density at radius 1 is 1.00 bits per heavy atom. The molecule has 2 aromatic heterocycles. The van der Waals surface area contributed by atoms with Gasteiger partial charge in [0.05, 0.1) is 42.4 Å². The maximum absolute atomic E-state index is 13.2. The molecule has 0 radical (unpaired) electrons. The molecule has 14 nitrogen and oxygen atoms in total. The van der Waals surface area contributed by atoms with E-state index in [1.807, 2.05) is 0 Å². The number of amides is 4. The van der Waals surface area contributed by atoms with E-state index in [1.165, 1.54) is 7.11 Å². The second-order valence-electron chi connectivity index (χ2n) is 11.6. The third-order valence-electron chi connectivity index (χ3n) is 7.94. The van der Waals surface area contributed by atoms with Crippen LogP contribution < -0.4 is 31.2 Å². The predicted molar refractivity (Wildman–Crippen MR) is 178 cm³/mol. The number of nitrogens with one attached hydrogen (secondary N) is 3. The number of nitrogens with two attached hydrogens (primary N) is 1. The molecule has 4 heterocycles. The summed E-state index contributed by atoms with van der Waals surface area (Å²) < 4.78 is 14.7. The zero-order valence-corrected chi connectivity index (χ0v) is 26.8. The number of methoxy groups -OCH3 is 1. The summed E-state index contributed by atoms with van der Waals surface area (Å²) in [6.07, 6.45) is 7.00. The van der Waals surface area contributed by atoms with Gasteiger partial charge in [0.25, 0.3) is 17.7 Å². The number of rotatable bonds is 13. The van der Waals surface area contributed by atoms with Gasteiger partial charge in [-0.15, -0.1) is 0 Å². The van der Waals surface area contributed by atoms with Crippen molar-refractivity contribution in [2.45, 2.75) is 31.7 Å². The summed E-state index contributed by atoms with van der Waals surface area (Å²) in [5.74, 6) is -0.192. The zero-order valence-electron chi connectivity index (χ0n) is 26.8. The summed E-state index contributed by atoms with van der Waals surface area (Å²) in [5, 5.41) is 8.41. The Morgan fingerprint density at radius 2 is 1.70 bits per heavy atom. The molecule has 5 N–H and O–H groups in total. The smallest absolute Gasteiger partial charge is 0.272 e. The summed E-state index contributed by atoms with van der Waals surface area (Å²) in [6.45, 7) is 5.67. The molecule has 14 heteroatoms. The fourth-order valence-corrected chi connectivity index (χ4v) is 5.55. The molecule has 1 aromatic carbocycles. The van der Waals surface area contributed by atoms with Gasteiger partial charge in [0, 0.05) is 58.3 Å². The summed E-state index contributed by atoms with van der Waals surface area (Å²) in [4.78, 5) is 57.6. The summed E-state index contributed by atoms with van der Waals surface area (Å²) in [6, 6.07) is 6.38. The van der Waals surface area contributed by atoms with Crippen molar-refractivity contribution in [1.29, 1.82) is 0 Å². The fourth-order valence-electron chi connectivity index (χ4n) is 5.55. The predicted octanol–water partition coefficient (Wildman–Crippen LogP) is 2.99. The van der Waals surface area contributed by atoms with Gasteiger partial charge < -0.3 is 45.2 Å². The second kappa shape index (κ2) is 14.4. The van der Waals surface area contributed by atoms with E-state index in [9.17, 15) is 19.2 Å².